The van der Waals surface area contributed by atoms with Gasteiger partial charge in [-0.2, -0.15) is 13.2 Å². The third kappa shape index (κ3) is 2.52. The fourth-order valence-electron chi connectivity index (χ4n) is 2.07. The number of para-hydroxylation sites is 1. The molecule has 106 valence electrons. The standard InChI is InChI=1S/C15H9F3N2O/c16-15(17,18)11-7-10(8-19-14(11)21)13-6-5-9-3-1-2-4-12(9)20-13/h1-8H,(H,19,21). The lowest BCUT2D eigenvalue weighted by Crippen LogP contribution is -2.21. The van der Waals surface area contributed by atoms with Crippen LogP contribution in [0.5, 0.6) is 0 Å². The Balaban J connectivity index is 2.16. The molecule has 0 aliphatic rings. The lowest BCUT2D eigenvalue weighted by Gasteiger charge is -2.08. The molecule has 0 fully saturated rings. The van der Waals surface area contributed by atoms with E-state index in [9.17, 15) is 18.0 Å². The molecule has 6 heteroatoms. The van der Waals surface area contributed by atoms with Crippen molar-refractivity contribution in [2.24, 2.45) is 0 Å². The number of halogens is 3. The number of alkyl halides is 3. The van der Waals surface area contributed by atoms with Crippen molar-refractivity contribution in [3.8, 4) is 11.3 Å². The molecule has 0 bridgehead atoms. The van der Waals surface area contributed by atoms with Crippen molar-refractivity contribution < 1.29 is 13.2 Å². The van der Waals surface area contributed by atoms with Crippen LogP contribution in [0.25, 0.3) is 22.2 Å². The molecule has 0 radical (unpaired) electrons. The van der Waals surface area contributed by atoms with Crippen LogP contribution in [0.2, 0.25) is 0 Å². The maximum Gasteiger partial charge on any atom is 0.421 e. The summed E-state index contributed by atoms with van der Waals surface area (Å²) >= 11 is 0. The Morgan fingerprint density at radius 3 is 2.57 bits per heavy atom. The number of rotatable bonds is 1. The Morgan fingerprint density at radius 2 is 1.81 bits per heavy atom. The molecule has 3 nitrogen and oxygen atoms in total. The van der Waals surface area contributed by atoms with Gasteiger partial charge in [-0.1, -0.05) is 24.3 Å². The Bertz CT molecular complexity index is 868. The Kier molecular flexibility index (Phi) is 3.01. The number of nitrogens with zero attached hydrogens (tertiary/aromatic N) is 1. The van der Waals surface area contributed by atoms with E-state index in [4.69, 9.17) is 0 Å². The number of aromatic amines is 1. The summed E-state index contributed by atoms with van der Waals surface area (Å²) in [6.07, 6.45) is -3.46. The van der Waals surface area contributed by atoms with Gasteiger partial charge in [0.05, 0.1) is 11.2 Å². The second-order valence-corrected chi connectivity index (χ2v) is 4.52. The minimum absolute atomic E-state index is 0.215. The normalized spacial score (nSPS) is 11.8. The molecule has 0 spiro atoms. The van der Waals surface area contributed by atoms with Crippen LogP contribution in [-0.2, 0) is 6.18 Å². The van der Waals surface area contributed by atoms with Gasteiger partial charge >= 0.3 is 6.18 Å². The van der Waals surface area contributed by atoms with Gasteiger partial charge in [0, 0.05) is 17.1 Å². The van der Waals surface area contributed by atoms with Gasteiger partial charge in [0.15, 0.2) is 0 Å². The molecule has 1 N–H and O–H groups in total. The summed E-state index contributed by atoms with van der Waals surface area (Å²) in [6, 6.07) is 11.5. The summed E-state index contributed by atoms with van der Waals surface area (Å²) in [5.41, 5.74) is -1.13. The van der Waals surface area contributed by atoms with Crippen LogP contribution in [0, 0.1) is 0 Å². The van der Waals surface area contributed by atoms with E-state index < -0.39 is 17.3 Å². The van der Waals surface area contributed by atoms with Crippen molar-refractivity contribution >= 4 is 10.9 Å². The average molecular weight is 290 g/mol. The summed E-state index contributed by atoms with van der Waals surface area (Å²) in [7, 11) is 0. The fourth-order valence-corrected chi connectivity index (χ4v) is 2.07. The minimum atomic E-state index is -4.69. The van der Waals surface area contributed by atoms with E-state index in [0.717, 1.165) is 11.5 Å². The molecular weight excluding hydrogens is 281 g/mol. The van der Waals surface area contributed by atoms with Gasteiger partial charge in [-0.15, -0.1) is 0 Å². The van der Waals surface area contributed by atoms with E-state index >= 15 is 0 Å². The Morgan fingerprint density at radius 1 is 1.05 bits per heavy atom. The third-order valence-corrected chi connectivity index (χ3v) is 3.10. The highest BCUT2D eigenvalue weighted by atomic mass is 19.4. The highest BCUT2D eigenvalue weighted by Crippen LogP contribution is 2.29. The van der Waals surface area contributed by atoms with Crippen molar-refractivity contribution in [3.05, 3.63) is 64.6 Å². The molecule has 0 unspecified atom stereocenters. The molecule has 0 atom stereocenters. The molecule has 21 heavy (non-hydrogen) atoms. The van der Waals surface area contributed by atoms with Crippen molar-refractivity contribution in [1.82, 2.24) is 9.97 Å². The van der Waals surface area contributed by atoms with E-state index in [1.165, 1.54) is 6.20 Å². The number of aromatic nitrogens is 2. The first-order chi connectivity index (χ1) is 9.95. The second-order valence-electron chi connectivity index (χ2n) is 4.52. The zero-order valence-electron chi connectivity index (χ0n) is 10.6. The zero-order chi connectivity index (χ0) is 15.0. The van der Waals surface area contributed by atoms with Crippen LogP contribution in [0.4, 0.5) is 13.2 Å². The summed E-state index contributed by atoms with van der Waals surface area (Å²) in [5.74, 6) is 0. The zero-order valence-corrected chi connectivity index (χ0v) is 10.6. The summed E-state index contributed by atoms with van der Waals surface area (Å²) in [4.78, 5) is 17.7. The number of pyridine rings is 2. The number of nitrogens with one attached hydrogen (secondary N) is 1. The number of benzene rings is 1. The first-order valence-corrected chi connectivity index (χ1v) is 6.11. The second kappa shape index (κ2) is 4.73. The molecule has 0 amide bonds. The number of fused-ring (bicyclic) bond motifs is 1. The number of hydrogen-bond donors (Lipinski definition) is 1. The highest BCUT2D eigenvalue weighted by molar-refractivity contribution is 5.81. The molecule has 0 aliphatic heterocycles. The van der Waals surface area contributed by atoms with Crippen LogP contribution in [0.1, 0.15) is 5.56 Å². The molecule has 3 aromatic rings. The van der Waals surface area contributed by atoms with Gasteiger partial charge in [0.25, 0.3) is 5.56 Å². The smallest absolute Gasteiger partial charge is 0.328 e. The monoisotopic (exact) mass is 290 g/mol. The molecule has 0 saturated heterocycles. The van der Waals surface area contributed by atoms with Crippen LogP contribution in [-0.4, -0.2) is 9.97 Å². The lowest BCUT2D eigenvalue weighted by atomic mass is 10.1. The topological polar surface area (TPSA) is 45.8 Å². The predicted octanol–water partition coefficient (Wildman–Crippen LogP) is 3.61. The SMILES string of the molecule is O=c1[nH]cc(-c2ccc3ccccc3n2)cc1C(F)(F)F. The summed E-state index contributed by atoms with van der Waals surface area (Å²) < 4.78 is 38.3. The van der Waals surface area contributed by atoms with Crippen molar-refractivity contribution in [3.63, 3.8) is 0 Å². The van der Waals surface area contributed by atoms with E-state index in [0.29, 0.717) is 11.2 Å². The molecule has 3 rings (SSSR count). The fraction of sp³-hybridized carbons (Fsp3) is 0.0667. The Labute approximate surface area is 117 Å². The van der Waals surface area contributed by atoms with Crippen molar-refractivity contribution in [1.29, 1.82) is 0 Å². The molecule has 0 saturated carbocycles. The van der Waals surface area contributed by atoms with Gasteiger partial charge in [0.2, 0.25) is 0 Å². The quantitative estimate of drug-likeness (QED) is 0.744. The van der Waals surface area contributed by atoms with Crippen molar-refractivity contribution in [2.45, 2.75) is 6.18 Å². The predicted molar refractivity (Wildman–Crippen MR) is 72.8 cm³/mol. The number of H-pyrrole nitrogens is 1. The van der Waals surface area contributed by atoms with Gasteiger partial charge < -0.3 is 4.98 Å². The van der Waals surface area contributed by atoms with Gasteiger partial charge in [-0.05, 0) is 18.2 Å². The Hall–Kier alpha value is -2.63. The number of hydrogen-bond acceptors (Lipinski definition) is 2. The lowest BCUT2D eigenvalue weighted by molar-refractivity contribution is -0.138. The maximum atomic E-state index is 12.8. The summed E-state index contributed by atoms with van der Waals surface area (Å²) in [6.45, 7) is 0. The summed E-state index contributed by atoms with van der Waals surface area (Å²) in [5, 5.41) is 0.890. The molecule has 2 heterocycles. The average Bonchev–Trinajstić information content (AvgIpc) is 2.46. The molecule has 1 aromatic carbocycles. The highest BCUT2D eigenvalue weighted by Gasteiger charge is 2.34. The molecule has 2 aromatic heterocycles. The minimum Gasteiger partial charge on any atom is -0.328 e. The van der Waals surface area contributed by atoms with Gasteiger partial charge in [-0.3, -0.25) is 4.79 Å². The molecular formula is C15H9F3N2O. The maximum absolute atomic E-state index is 12.8. The first kappa shape index (κ1) is 13.4. The van der Waals surface area contributed by atoms with Crippen LogP contribution >= 0.6 is 0 Å². The van der Waals surface area contributed by atoms with E-state index in [1.54, 1.807) is 24.3 Å². The van der Waals surface area contributed by atoms with E-state index in [-0.39, 0.29) is 5.56 Å². The van der Waals surface area contributed by atoms with Crippen LogP contribution in [0.3, 0.4) is 0 Å². The van der Waals surface area contributed by atoms with Gasteiger partial charge in [-0.25, -0.2) is 4.98 Å². The van der Waals surface area contributed by atoms with Crippen molar-refractivity contribution in [2.75, 3.05) is 0 Å². The van der Waals surface area contributed by atoms with E-state index in [2.05, 4.69) is 9.97 Å². The first-order valence-electron chi connectivity index (χ1n) is 6.11. The van der Waals surface area contributed by atoms with Crippen LogP contribution < -0.4 is 5.56 Å². The van der Waals surface area contributed by atoms with Crippen LogP contribution in [0.15, 0.2) is 53.5 Å². The molecule has 0 aliphatic carbocycles. The van der Waals surface area contributed by atoms with E-state index in [1.807, 2.05) is 12.1 Å². The van der Waals surface area contributed by atoms with Gasteiger partial charge in [0.1, 0.15) is 5.56 Å². The largest absolute Gasteiger partial charge is 0.421 e. The third-order valence-electron chi connectivity index (χ3n) is 3.10.